The van der Waals surface area contributed by atoms with Crippen molar-refractivity contribution in [1.82, 2.24) is 0 Å². The van der Waals surface area contributed by atoms with E-state index in [1.165, 1.54) is 0 Å². The maximum Gasteiger partial charge on any atom is 0.190 e. The minimum absolute atomic E-state index is 0.140. The van der Waals surface area contributed by atoms with E-state index in [2.05, 4.69) is 48.5 Å². The lowest BCUT2D eigenvalue weighted by Gasteiger charge is -2.50. The van der Waals surface area contributed by atoms with Crippen LogP contribution in [0.2, 0.25) is 0 Å². The molecular formula is C45H88O13. The van der Waals surface area contributed by atoms with Crippen LogP contribution < -0.4 is 0 Å². The van der Waals surface area contributed by atoms with Crippen LogP contribution in [-0.4, -0.2) is 149 Å². The Bertz CT molecular complexity index is 954. The number of aliphatic hydroxyl groups is 2. The van der Waals surface area contributed by atoms with E-state index in [9.17, 15) is 10.2 Å². The van der Waals surface area contributed by atoms with Gasteiger partial charge in [-0.25, -0.2) is 0 Å². The molecule has 58 heavy (non-hydrogen) atoms. The van der Waals surface area contributed by atoms with Crippen LogP contribution in [0.15, 0.2) is 0 Å². The van der Waals surface area contributed by atoms with Gasteiger partial charge in [0, 0.05) is 46.2 Å². The summed E-state index contributed by atoms with van der Waals surface area (Å²) in [4.78, 5) is 0. The average Bonchev–Trinajstić information content (AvgIpc) is 3.20. The molecule has 0 saturated carbocycles. The monoisotopic (exact) mass is 837 g/mol. The second-order valence-electron chi connectivity index (χ2n) is 16.5. The summed E-state index contributed by atoms with van der Waals surface area (Å²) in [7, 11) is 0. The van der Waals surface area contributed by atoms with Crippen molar-refractivity contribution >= 4 is 0 Å². The number of hydrogen-bond acceptors (Lipinski definition) is 13. The van der Waals surface area contributed by atoms with Gasteiger partial charge in [0.2, 0.25) is 0 Å². The van der Waals surface area contributed by atoms with Crippen LogP contribution in [0.3, 0.4) is 0 Å². The van der Waals surface area contributed by atoms with Gasteiger partial charge in [0.1, 0.15) is 54.9 Å². The van der Waals surface area contributed by atoms with E-state index in [1.807, 2.05) is 0 Å². The zero-order valence-electron chi connectivity index (χ0n) is 38.2. The summed E-state index contributed by atoms with van der Waals surface area (Å²) < 4.78 is 73.1. The van der Waals surface area contributed by atoms with Gasteiger partial charge in [0.25, 0.3) is 0 Å². The molecule has 0 aromatic heterocycles. The van der Waals surface area contributed by atoms with E-state index in [0.717, 1.165) is 89.9 Å². The summed E-state index contributed by atoms with van der Waals surface area (Å²) >= 11 is 0. The summed E-state index contributed by atoms with van der Waals surface area (Å²) in [5, 5.41) is 21.5. The highest BCUT2D eigenvalue weighted by atomic mass is 16.8. The lowest BCUT2D eigenvalue weighted by molar-refractivity contribution is -0.392. The van der Waals surface area contributed by atoms with Crippen molar-refractivity contribution in [3.05, 3.63) is 0 Å². The first kappa shape index (κ1) is 53.6. The normalized spacial score (nSPS) is 28.6. The minimum Gasteiger partial charge on any atom is -0.388 e. The molecule has 0 spiro atoms. The van der Waals surface area contributed by atoms with Gasteiger partial charge >= 0.3 is 0 Å². The van der Waals surface area contributed by atoms with Crippen LogP contribution in [0.5, 0.6) is 0 Å². The summed E-state index contributed by atoms with van der Waals surface area (Å²) in [6.45, 7) is 22.1. The third kappa shape index (κ3) is 19.7. The SMILES string of the molecule is CCCCOCC1O[C@H](O[C@H]2O[C@H](COCCCC)[C@@H](OCCCC)C(OCCCC)C2OCCCC)[C@@H](OCCCC)C(OCCCC)[C@@H]1OC[C@H](O)C(C)(C)O. The Hall–Kier alpha value is -0.520. The minimum atomic E-state index is -1.38. The summed E-state index contributed by atoms with van der Waals surface area (Å²) in [5.74, 6) is 0. The summed E-state index contributed by atoms with van der Waals surface area (Å²) in [6, 6.07) is 0. The van der Waals surface area contributed by atoms with Crippen molar-refractivity contribution in [2.24, 2.45) is 0 Å². The number of aliphatic hydroxyl groups excluding tert-OH is 1. The Labute approximate surface area is 353 Å². The van der Waals surface area contributed by atoms with E-state index >= 15 is 0 Å². The summed E-state index contributed by atoms with van der Waals surface area (Å²) in [5.41, 5.74) is -1.38. The molecule has 0 radical (unpaired) electrons. The molecule has 2 fully saturated rings. The quantitative estimate of drug-likeness (QED) is 0.0602. The molecule has 4 unspecified atom stereocenters. The molecule has 2 aliphatic heterocycles. The Kier molecular flexibility index (Phi) is 29.8. The lowest BCUT2D eigenvalue weighted by atomic mass is 9.96. The number of ether oxygens (including phenoxy) is 11. The molecule has 11 atom stereocenters. The fourth-order valence-corrected chi connectivity index (χ4v) is 6.63. The maximum absolute atomic E-state index is 10.9. The third-order valence-corrected chi connectivity index (χ3v) is 10.6. The molecular weight excluding hydrogens is 748 g/mol. The van der Waals surface area contributed by atoms with E-state index < -0.39 is 73.1 Å². The van der Waals surface area contributed by atoms with Crippen LogP contribution in [0.1, 0.15) is 152 Å². The highest BCUT2D eigenvalue weighted by Crippen LogP contribution is 2.36. The van der Waals surface area contributed by atoms with E-state index in [4.69, 9.17) is 52.1 Å². The molecule has 2 N–H and O–H groups in total. The maximum atomic E-state index is 10.9. The first-order chi connectivity index (χ1) is 28.1. The fourth-order valence-electron chi connectivity index (χ4n) is 6.63. The molecule has 346 valence electrons. The second kappa shape index (κ2) is 32.2. The van der Waals surface area contributed by atoms with Gasteiger partial charge in [0.15, 0.2) is 12.6 Å². The van der Waals surface area contributed by atoms with Gasteiger partial charge < -0.3 is 62.3 Å². The summed E-state index contributed by atoms with van der Waals surface area (Å²) in [6.07, 6.45) is 5.09. The molecule has 2 heterocycles. The highest BCUT2D eigenvalue weighted by molar-refractivity contribution is 4.97. The van der Waals surface area contributed by atoms with Gasteiger partial charge in [-0.1, -0.05) is 93.4 Å². The van der Waals surface area contributed by atoms with E-state index in [-0.39, 0.29) is 13.2 Å². The molecule has 0 amide bonds. The lowest BCUT2D eigenvalue weighted by Crippen LogP contribution is -2.66. The van der Waals surface area contributed by atoms with Crippen LogP contribution in [0.4, 0.5) is 0 Å². The zero-order valence-corrected chi connectivity index (χ0v) is 38.2. The van der Waals surface area contributed by atoms with Gasteiger partial charge in [0.05, 0.1) is 25.4 Å². The second-order valence-corrected chi connectivity index (χ2v) is 16.5. The highest BCUT2D eigenvalue weighted by Gasteiger charge is 2.54. The molecule has 13 heteroatoms. The molecule has 0 aromatic rings. The largest absolute Gasteiger partial charge is 0.388 e. The van der Waals surface area contributed by atoms with Crippen molar-refractivity contribution in [2.45, 2.75) is 225 Å². The van der Waals surface area contributed by atoms with Gasteiger partial charge in [-0.05, 0) is 58.8 Å². The molecule has 2 saturated heterocycles. The van der Waals surface area contributed by atoms with Crippen LogP contribution in [-0.2, 0) is 52.1 Å². The van der Waals surface area contributed by atoms with Crippen LogP contribution in [0.25, 0.3) is 0 Å². The average molecular weight is 837 g/mol. The molecule has 13 nitrogen and oxygen atoms in total. The predicted molar refractivity (Wildman–Crippen MR) is 225 cm³/mol. The zero-order chi connectivity index (χ0) is 42.6. The van der Waals surface area contributed by atoms with Crippen molar-refractivity contribution in [1.29, 1.82) is 0 Å². The number of hydrogen-bond donors (Lipinski definition) is 2. The molecule has 2 rings (SSSR count). The van der Waals surface area contributed by atoms with Crippen molar-refractivity contribution < 1.29 is 62.3 Å². The van der Waals surface area contributed by atoms with Crippen molar-refractivity contribution in [3.63, 3.8) is 0 Å². The van der Waals surface area contributed by atoms with Crippen LogP contribution >= 0.6 is 0 Å². The van der Waals surface area contributed by atoms with Gasteiger partial charge in [-0.3, -0.25) is 0 Å². The fraction of sp³-hybridized carbons (Fsp3) is 1.00. The smallest absolute Gasteiger partial charge is 0.190 e. The molecule has 0 aromatic carbocycles. The standard InChI is InChI=1S/C45H88O13/c1-10-17-24-48-31-34-37(50-26-19-12-3)39(51-27-20-13-4)41(53-29-22-15-6)43(56-34)58-44-42(54-30-23-16-7)40(52-28-21-14-5)38(55-33-36(46)45(8,9)47)35(57-44)32-49-25-18-11-2/h34-44,46-47H,10-33H2,1-9H3/t34-,35?,36+,37-,38-,39?,40?,41?,42+,43-,44-/m1/s1. The van der Waals surface area contributed by atoms with Crippen molar-refractivity contribution in [2.75, 3.05) is 66.1 Å². The third-order valence-electron chi connectivity index (χ3n) is 10.6. The number of unbranched alkanes of at least 4 members (excludes halogenated alkanes) is 7. The van der Waals surface area contributed by atoms with Gasteiger partial charge in [-0.15, -0.1) is 0 Å². The number of rotatable bonds is 36. The van der Waals surface area contributed by atoms with E-state index in [1.54, 1.807) is 13.8 Å². The van der Waals surface area contributed by atoms with Gasteiger partial charge in [-0.2, -0.15) is 0 Å². The Morgan fingerprint density at radius 1 is 0.448 bits per heavy atom. The Morgan fingerprint density at radius 3 is 1.10 bits per heavy atom. The van der Waals surface area contributed by atoms with Crippen molar-refractivity contribution in [3.8, 4) is 0 Å². The predicted octanol–water partition coefficient (Wildman–Crippen LogP) is 7.53. The van der Waals surface area contributed by atoms with Crippen LogP contribution in [0, 0.1) is 0 Å². The Balaban J connectivity index is 2.66. The molecule has 2 aliphatic rings. The van der Waals surface area contributed by atoms with E-state index in [0.29, 0.717) is 52.9 Å². The molecule has 0 bridgehead atoms. The first-order valence-electron chi connectivity index (χ1n) is 23.3. The Morgan fingerprint density at radius 2 is 0.759 bits per heavy atom. The first-order valence-corrected chi connectivity index (χ1v) is 23.3. The topological polar surface area (TPSA) is 142 Å². The molecule has 0 aliphatic carbocycles.